The smallest absolute Gasteiger partial charge is 0.232 e. The van der Waals surface area contributed by atoms with Gasteiger partial charge in [-0.15, -0.1) is 22.7 Å². The molecule has 2 heterocycles. The minimum atomic E-state index is -0.0451. The molecule has 6 rings (SSSR count). The van der Waals surface area contributed by atoms with Gasteiger partial charge in [0.05, 0.1) is 12.1 Å². The quantitative estimate of drug-likeness (QED) is 0.672. The van der Waals surface area contributed by atoms with Crippen LogP contribution in [-0.2, 0) is 11.2 Å². The fraction of sp³-hybridized carbons (Fsp3) is 0.667. The highest BCUT2D eigenvalue weighted by Crippen LogP contribution is 2.56. The molecule has 0 spiro atoms. The molecule has 2 aromatic heterocycles. The Morgan fingerprint density at radius 1 is 1.18 bits per heavy atom. The number of rotatable bonds is 6. The first-order chi connectivity index (χ1) is 13.5. The van der Waals surface area contributed by atoms with Gasteiger partial charge in [-0.05, 0) is 62.2 Å². The fourth-order valence-electron chi connectivity index (χ4n) is 5.88. The SMILES string of the molecule is CC(C)c1cnc(NC(=O)Cc2csc(NC34CC5CC(CC(C5)C3)C4)n2)s1. The van der Waals surface area contributed by atoms with Crippen molar-refractivity contribution in [1.82, 2.24) is 9.97 Å². The monoisotopic (exact) mass is 416 g/mol. The van der Waals surface area contributed by atoms with Gasteiger partial charge in [0.2, 0.25) is 5.91 Å². The summed E-state index contributed by atoms with van der Waals surface area (Å²) in [5, 5.41) is 10.4. The normalized spacial score (nSPS) is 30.8. The lowest BCUT2D eigenvalue weighted by atomic mass is 9.53. The van der Waals surface area contributed by atoms with Crippen LogP contribution in [0.2, 0.25) is 0 Å². The van der Waals surface area contributed by atoms with E-state index < -0.39 is 0 Å². The number of thiazole rings is 2. The van der Waals surface area contributed by atoms with Crippen molar-refractivity contribution in [3.63, 3.8) is 0 Å². The molecule has 4 aliphatic carbocycles. The van der Waals surface area contributed by atoms with E-state index in [1.807, 2.05) is 11.6 Å². The Hall–Kier alpha value is -1.47. The molecule has 4 saturated carbocycles. The highest BCUT2D eigenvalue weighted by atomic mass is 32.1. The van der Waals surface area contributed by atoms with Crippen molar-refractivity contribution in [2.45, 2.75) is 70.3 Å². The maximum absolute atomic E-state index is 12.4. The second-order valence-corrected chi connectivity index (χ2v) is 11.3. The van der Waals surface area contributed by atoms with Gasteiger partial charge in [-0.1, -0.05) is 13.8 Å². The highest BCUT2D eigenvalue weighted by molar-refractivity contribution is 7.15. The van der Waals surface area contributed by atoms with Crippen LogP contribution in [0, 0.1) is 17.8 Å². The topological polar surface area (TPSA) is 66.9 Å². The lowest BCUT2D eigenvalue weighted by Gasteiger charge is -2.56. The van der Waals surface area contributed by atoms with E-state index in [9.17, 15) is 4.79 Å². The molecule has 0 atom stereocenters. The molecule has 4 bridgehead atoms. The van der Waals surface area contributed by atoms with Gasteiger partial charge >= 0.3 is 0 Å². The summed E-state index contributed by atoms with van der Waals surface area (Å²) >= 11 is 3.19. The number of hydrogen-bond donors (Lipinski definition) is 2. The number of carbonyl (C=O) groups excluding carboxylic acids is 1. The zero-order valence-corrected chi connectivity index (χ0v) is 18.2. The zero-order valence-electron chi connectivity index (χ0n) is 16.5. The van der Waals surface area contributed by atoms with Crippen LogP contribution in [0.1, 0.15) is 68.9 Å². The average Bonchev–Trinajstić information content (AvgIpc) is 3.23. The lowest BCUT2D eigenvalue weighted by molar-refractivity contribution is -0.115. The molecule has 0 aromatic carbocycles. The number of amides is 1. The summed E-state index contributed by atoms with van der Waals surface area (Å²) in [5.41, 5.74) is 1.11. The Kier molecular flexibility index (Phi) is 4.70. The summed E-state index contributed by atoms with van der Waals surface area (Å²) in [5.74, 6) is 3.13. The van der Waals surface area contributed by atoms with Crippen LogP contribution in [0.3, 0.4) is 0 Å². The second kappa shape index (κ2) is 7.10. The van der Waals surface area contributed by atoms with E-state index in [1.54, 1.807) is 22.7 Å². The van der Waals surface area contributed by atoms with E-state index in [0.29, 0.717) is 17.5 Å². The Morgan fingerprint density at radius 2 is 1.86 bits per heavy atom. The number of hydrogen-bond acceptors (Lipinski definition) is 6. The number of nitrogens with zero attached hydrogens (tertiary/aromatic N) is 2. The molecule has 2 aromatic rings. The second-order valence-electron chi connectivity index (χ2n) is 9.41. The predicted octanol–water partition coefficient (Wildman–Crippen LogP) is 5.28. The number of nitrogens with one attached hydrogen (secondary N) is 2. The van der Waals surface area contributed by atoms with E-state index in [0.717, 1.165) is 28.6 Å². The molecule has 150 valence electrons. The minimum absolute atomic E-state index is 0.0451. The summed E-state index contributed by atoms with van der Waals surface area (Å²) in [6.07, 6.45) is 10.4. The van der Waals surface area contributed by atoms with E-state index in [2.05, 4.69) is 29.5 Å². The van der Waals surface area contributed by atoms with Crippen LogP contribution in [-0.4, -0.2) is 21.4 Å². The third kappa shape index (κ3) is 3.71. The molecular weight excluding hydrogens is 388 g/mol. The summed E-state index contributed by atoms with van der Waals surface area (Å²) in [4.78, 5) is 22.6. The Morgan fingerprint density at radius 3 is 2.46 bits per heavy atom. The van der Waals surface area contributed by atoms with E-state index in [-0.39, 0.29) is 11.4 Å². The summed E-state index contributed by atoms with van der Waals surface area (Å²) < 4.78 is 0. The van der Waals surface area contributed by atoms with Gasteiger partial charge in [-0.3, -0.25) is 4.79 Å². The van der Waals surface area contributed by atoms with Gasteiger partial charge in [0.1, 0.15) is 0 Å². The fourth-order valence-corrected chi connectivity index (χ4v) is 7.54. The van der Waals surface area contributed by atoms with Crippen LogP contribution < -0.4 is 10.6 Å². The van der Waals surface area contributed by atoms with Crippen molar-refractivity contribution < 1.29 is 4.79 Å². The van der Waals surface area contributed by atoms with Gasteiger partial charge < -0.3 is 10.6 Å². The molecule has 2 N–H and O–H groups in total. The molecule has 4 aliphatic rings. The van der Waals surface area contributed by atoms with E-state index in [1.165, 1.54) is 43.4 Å². The van der Waals surface area contributed by atoms with Crippen molar-refractivity contribution in [1.29, 1.82) is 0 Å². The van der Waals surface area contributed by atoms with Crippen molar-refractivity contribution in [3.8, 4) is 0 Å². The van der Waals surface area contributed by atoms with Crippen LogP contribution in [0.4, 0.5) is 10.3 Å². The molecule has 28 heavy (non-hydrogen) atoms. The molecule has 0 radical (unpaired) electrons. The van der Waals surface area contributed by atoms with Gasteiger partial charge in [0.25, 0.3) is 0 Å². The van der Waals surface area contributed by atoms with Gasteiger partial charge in [-0.25, -0.2) is 9.97 Å². The zero-order chi connectivity index (χ0) is 19.3. The number of aromatic nitrogens is 2. The third-order valence-corrected chi connectivity index (χ3v) is 8.66. The third-order valence-electron chi connectivity index (χ3n) is 6.64. The maximum Gasteiger partial charge on any atom is 0.232 e. The van der Waals surface area contributed by atoms with Gasteiger partial charge in [0.15, 0.2) is 10.3 Å². The first kappa shape index (κ1) is 18.6. The van der Waals surface area contributed by atoms with E-state index >= 15 is 0 Å². The van der Waals surface area contributed by atoms with E-state index in [4.69, 9.17) is 4.98 Å². The minimum Gasteiger partial charge on any atom is -0.356 e. The number of carbonyl (C=O) groups is 1. The predicted molar refractivity (Wildman–Crippen MR) is 115 cm³/mol. The largest absolute Gasteiger partial charge is 0.356 e. The molecule has 7 heteroatoms. The van der Waals surface area contributed by atoms with Crippen LogP contribution in [0.5, 0.6) is 0 Å². The standard InChI is InChI=1S/C21H28N4OS2/c1-12(2)17-10-22-19(28-17)24-18(26)6-16-11-27-20(23-16)25-21-7-13-3-14(8-21)5-15(4-13)9-21/h10-15H,3-9H2,1-2H3,(H,23,25)(H,22,24,26). The van der Waals surface area contributed by atoms with Crippen molar-refractivity contribution >= 4 is 38.8 Å². The molecule has 4 fully saturated rings. The summed E-state index contributed by atoms with van der Waals surface area (Å²) in [6.45, 7) is 4.26. The Bertz CT molecular complexity index is 836. The molecule has 5 nitrogen and oxygen atoms in total. The Labute approximate surface area is 174 Å². The highest BCUT2D eigenvalue weighted by Gasteiger charge is 2.51. The summed E-state index contributed by atoms with van der Waals surface area (Å²) in [7, 11) is 0. The molecule has 1 amide bonds. The average molecular weight is 417 g/mol. The lowest BCUT2D eigenvalue weighted by Crippen LogP contribution is -2.54. The molecule has 0 unspecified atom stereocenters. The first-order valence-electron chi connectivity index (χ1n) is 10.4. The van der Waals surface area contributed by atoms with Gasteiger partial charge in [-0.2, -0.15) is 0 Å². The maximum atomic E-state index is 12.4. The van der Waals surface area contributed by atoms with Crippen molar-refractivity contribution in [2.75, 3.05) is 10.6 Å². The van der Waals surface area contributed by atoms with Crippen molar-refractivity contribution in [3.05, 3.63) is 22.1 Å². The molecule has 0 aliphatic heterocycles. The first-order valence-corrected chi connectivity index (χ1v) is 12.1. The molecular formula is C21H28N4OS2. The Balaban J connectivity index is 1.20. The number of anilines is 2. The van der Waals surface area contributed by atoms with Crippen molar-refractivity contribution in [2.24, 2.45) is 17.8 Å². The molecule has 0 saturated heterocycles. The summed E-state index contributed by atoms with van der Waals surface area (Å²) in [6, 6.07) is 0. The van der Waals surface area contributed by atoms with Crippen LogP contribution in [0.25, 0.3) is 0 Å². The van der Waals surface area contributed by atoms with Crippen LogP contribution >= 0.6 is 22.7 Å². The van der Waals surface area contributed by atoms with Crippen LogP contribution in [0.15, 0.2) is 11.6 Å². The van der Waals surface area contributed by atoms with Gasteiger partial charge in [0, 0.05) is 22.0 Å².